The van der Waals surface area contributed by atoms with Gasteiger partial charge in [0.15, 0.2) is 0 Å². The predicted molar refractivity (Wildman–Crippen MR) is 47.9 cm³/mol. The van der Waals surface area contributed by atoms with Gasteiger partial charge in [-0.05, 0) is 6.07 Å². The molecular weight excluding hydrogens is 212 g/mol. The minimum absolute atomic E-state index is 0.0405. The van der Waals surface area contributed by atoms with E-state index >= 15 is 0 Å². The first kappa shape index (κ1) is 10.7. The Bertz CT molecular complexity index is 364. The van der Waals surface area contributed by atoms with Crippen molar-refractivity contribution in [2.45, 2.75) is 12.8 Å². The number of anilines is 1. The average molecular weight is 218 g/mol. The van der Waals surface area contributed by atoms with Crippen LogP contribution in [0.3, 0.4) is 0 Å². The first-order valence-electron chi connectivity index (χ1n) is 3.66. The normalized spacial score (nSPS) is 10.2. The van der Waals surface area contributed by atoms with Crippen LogP contribution in [0.15, 0.2) is 6.07 Å². The molecule has 1 heterocycles. The molecule has 1 aromatic heterocycles. The molecule has 1 aromatic rings. The molecule has 0 aliphatic heterocycles. The number of halogens is 3. The molecule has 0 aliphatic rings. The van der Waals surface area contributed by atoms with Crippen molar-refractivity contribution in [2.24, 2.45) is 0 Å². The van der Waals surface area contributed by atoms with E-state index in [0.29, 0.717) is 5.56 Å². The Morgan fingerprint density at radius 3 is 2.71 bits per heavy atom. The molecule has 0 radical (unpaired) electrons. The third-order valence-electron chi connectivity index (χ3n) is 1.60. The van der Waals surface area contributed by atoms with E-state index in [1.807, 2.05) is 6.07 Å². The highest BCUT2D eigenvalue weighted by atomic mass is 35.5. The van der Waals surface area contributed by atoms with Crippen LogP contribution < -0.4 is 5.73 Å². The number of nitriles is 1. The Morgan fingerprint density at radius 2 is 2.29 bits per heavy atom. The minimum atomic E-state index is -2.72. The second kappa shape index (κ2) is 4.20. The van der Waals surface area contributed by atoms with Crippen LogP contribution in [0.4, 0.5) is 14.6 Å². The quantitative estimate of drug-likeness (QED) is 0.827. The first-order valence-corrected chi connectivity index (χ1v) is 4.04. The van der Waals surface area contributed by atoms with E-state index in [-0.39, 0.29) is 17.3 Å². The molecule has 0 fully saturated rings. The molecule has 74 valence electrons. The van der Waals surface area contributed by atoms with E-state index in [4.69, 9.17) is 22.6 Å². The molecule has 0 atom stereocenters. The second-order valence-electron chi connectivity index (χ2n) is 2.53. The minimum Gasteiger partial charge on any atom is -0.383 e. The summed E-state index contributed by atoms with van der Waals surface area (Å²) in [6.07, 6.45) is -2.76. The molecule has 0 amide bonds. The van der Waals surface area contributed by atoms with E-state index in [1.54, 1.807) is 0 Å². The SMILES string of the molecule is N#CCc1c(Cl)cc(C(F)F)nc1N. The summed E-state index contributed by atoms with van der Waals surface area (Å²) in [7, 11) is 0. The van der Waals surface area contributed by atoms with E-state index in [9.17, 15) is 8.78 Å². The zero-order chi connectivity index (χ0) is 10.7. The molecule has 0 aromatic carbocycles. The Morgan fingerprint density at radius 1 is 1.64 bits per heavy atom. The Labute approximate surface area is 84.1 Å². The lowest BCUT2D eigenvalue weighted by molar-refractivity contribution is 0.146. The summed E-state index contributed by atoms with van der Waals surface area (Å²) < 4.78 is 24.4. The second-order valence-corrected chi connectivity index (χ2v) is 2.94. The summed E-state index contributed by atoms with van der Waals surface area (Å²) in [4.78, 5) is 3.44. The number of nitrogens with two attached hydrogens (primary N) is 1. The van der Waals surface area contributed by atoms with Gasteiger partial charge in [-0.25, -0.2) is 13.8 Å². The summed E-state index contributed by atoms with van der Waals surface area (Å²) in [5.41, 5.74) is 5.18. The summed E-state index contributed by atoms with van der Waals surface area (Å²) >= 11 is 5.65. The molecule has 2 N–H and O–H groups in total. The summed E-state index contributed by atoms with van der Waals surface area (Å²) in [5, 5.41) is 8.46. The molecular formula is C8H6ClF2N3. The third kappa shape index (κ3) is 2.09. The monoisotopic (exact) mass is 217 g/mol. The van der Waals surface area contributed by atoms with Gasteiger partial charge in [0.05, 0.1) is 17.5 Å². The number of nitrogens with zero attached hydrogens (tertiary/aromatic N) is 2. The number of hydrogen-bond acceptors (Lipinski definition) is 3. The largest absolute Gasteiger partial charge is 0.383 e. The lowest BCUT2D eigenvalue weighted by atomic mass is 10.2. The number of pyridine rings is 1. The number of nitrogen functional groups attached to an aromatic ring is 1. The Hall–Kier alpha value is -1.41. The molecule has 3 nitrogen and oxygen atoms in total. The maximum absolute atomic E-state index is 12.2. The number of hydrogen-bond donors (Lipinski definition) is 1. The lowest BCUT2D eigenvalue weighted by Gasteiger charge is -2.06. The molecule has 0 saturated carbocycles. The highest BCUT2D eigenvalue weighted by Crippen LogP contribution is 2.26. The van der Waals surface area contributed by atoms with Crippen LogP contribution in [0.2, 0.25) is 5.02 Å². The van der Waals surface area contributed by atoms with E-state index in [1.165, 1.54) is 0 Å². The van der Waals surface area contributed by atoms with Crippen molar-refractivity contribution in [1.82, 2.24) is 4.98 Å². The van der Waals surface area contributed by atoms with Gasteiger partial charge >= 0.3 is 0 Å². The van der Waals surface area contributed by atoms with Crippen molar-refractivity contribution in [3.05, 3.63) is 22.3 Å². The average Bonchev–Trinajstić information content (AvgIpc) is 2.10. The van der Waals surface area contributed by atoms with Gasteiger partial charge in [0, 0.05) is 5.56 Å². The number of alkyl halides is 2. The topological polar surface area (TPSA) is 62.7 Å². The molecule has 0 unspecified atom stereocenters. The standard InChI is InChI=1S/C8H6ClF2N3/c9-5-3-6(7(10)11)14-8(13)4(5)1-2-12/h3,7H,1H2,(H2,13,14). The maximum Gasteiger partial charge on any atom is 0.280 e. The Balaban J connectivity index is 3.19. The molecule has 1 rings (SSSR count). The van der Waals surface area contributed by atoms with Gasteiger partial charge in [-0.2, -0.15) is 5.26 Å². The number of aromatic nitrogens is 1. The van der Waals surface area contributed by atoms with Crippen molar-refractivity contribution in [1.29, 1.82) is 5.26 Å². The van der Waals surface area contributed by atoms with Crippen LogP contribution in [-0.2, 0) is 6.42 Å². The van der Waals surface area contributed by atoms with Crippen molar-refractivity contribution in [3.8, 4) is 6.07 Å². The zero-order valence-electron chi connectivity index (χ0n) is 6.97. The smallest absolute Gasteiger partial charge is 0.280 e. The van der Waals surface area contributed by atoms with E-state index in [2.05, 4.69) is 4.98 Å². The van der Waals surface area contributed by atoms with Gasteiger partial charge in [-0.1, -0.05) is 11.6 Å². The molecule has 14 heavy (non-hydrogen) atoms. The fraction of sp³-hybridized carbons (Fsp3) is 0.250. The van der Waals surface area contributed by atoms with Crippen LogP contribution in [0.25, 0.3) is 0 Å². The summed E-state index contributed by atoms with van der Waals surface area (Å²) in [5.74, 6) is -0.116. The molecule has 0 bridgehead atoms. The van der Waals surface area contributed by atoms with Crippen molar-refractivity contribution < 1.29 is 8.78 Å². The highest BCUT2D eigenvalue weighted by molar-refractivity contribution is 6.31. The van der Waals surface area contributed by atoms with Gasteiger partial charge in [0.2, 0.25) is 0 Å². The predicted octanol–water partition coefficient (Wildman–Crippen LogP) is 2.32. The van der Waals surface area contributed by atoms with E-state index < -0.39 is 12.1 Å². The molecule has 0 saturated heterocycles. The van der Waals surface area contributed by atoms with Gasteiger partial charge in [0.25, 0.3) is 6.43 Å². The fourth-order valence-electron chi connectivity index (χ4n) is 0.944. The number of rotatable bonds is 2. The first-order chi connectivity index (χ1) is 6.56. The van der Waals surface area contributed by atoms with Gasteiger partial charge in [-0.15, -0.1) is 0 Å². The van der Waals surface area contributed by atoms with Gasteiger partial charge in [-0.3, -0.25) is 0 Å². The van der Waals surface area contributed by atoms with Gasteiger partial charge < -0.3 is 5.73 Å². The van der Waals surface area contributed by atoms with Crippen LogP contribution in [0.1, 0.15) is 17.7 Å². The van der Waals surface area contributed by atoms with E-state index in [0.717, 1.165) is 6.07 Å². The van der Waals surface area contributed by atoms with Crippen molar-refractivity contribution in [2.75, 3.05) is 5.73 Å². The summed E-state index contributed by atoms with van der Waals surface area (Å²) in [6, 6.07) is 2.85. The Kier molecular flexibility index (Phi) is 3.20. The van der Waals surface area contributed by atoms with Gasteiger partial charge in [0.1, 0.15) is 11.5 Å². The van der Waals surface area contributed by atoms with Crippen molar-refractivity contribution >= 4 is 17.4 Å². The molecule has 6 heteroatoms. The van der Waals surface area contributed by atoms with Crippen molar-refractivity contribution in [3.63, 3.8) is 0 Å². The lowest BCUT2D eigenvalue weighted by Crippen LogP contribution is -2.02. The molecule has 0 aliphatic carbocycles. The fourth-order valence-corrected chi connectivity index (χ4v) is 1.22. The highest BCUT2D eigenvalue weighted by Gasteiger charge is 2.14. The molecule has 0 spiro atoms. The van der Waals surface area contributed by atoms with Crippen LogP contribution in [0.5, 0.6) is 0 Å². The summed E-state index contributed by atoms with van der Waals surface area (Å²) in [6.45, 7) is 0. The van der Waals surface area contributed by atoms with Crippen LogP contribution in [-0.4, -0.2) is 4.98 Å². The van der Waals surface area contributed by atoms with Crippen LogP contribution >= 0.6 is 11.6 Å². The maximum atomic E-state index is 12.2. The van der Waals surface area contributed by atoms with Crippen LogP contribution in [0, 0.1) is 11.3 Å². The zero-order valence-corrected chi connectivity index (χ0v) is 7.72. The third-order valence-corrected chi connectivity index (χ3v) is 1.94.